The lowest BCUT2D eigenvalue weighted by Gasteiger charge is -2.03. The molecular formula is C8H12O3S. The maximum Gasteiger partial charge on any atom is 0.130 e. The molecule has 0 saturated heterocycles. The van der Waals surface area contributed by atoms with Gasteiger partial charge < -0.3 is 14.6 Å². The molecule has 68 valence electrons. The summed E-state index contributed by atoms with van der Waals surface area (Å²) in [5, 5.41) is 12.3. The van der Waals surface area contributed by atoms with E-state index in [0.717, 1.165) is 5.75 Å². The molecule has 1 aromatic rings. The van der Waals surface area contributed by atoms with Gasteiger partial charge in [-0.3, -0.25) is 0 Å². The highest BCUT2D eigenvalue weighted by atomic mass is 32.1. The van der Waals surface area contributed by atoms with Crippen LogP contribution in [0.25, 0.3) is 0 Å². The van der Waals surface area contributed by atoms with E-state index in [9.17, 15) is 0 Å². The van der Waals surface area contributed by atoms with Crippen molar-refractivity contribution < 1.29 is 14.6 Å². The highest BCUT2D eigenvalue weighted by Crippen LogP contribution is 2.14. The Labute approximate surface area is 75.6 Å². The van der Waals surface area contributed by atoms with Crippen molar-refractivity contribution >= 4 is 11.3 Å². The normalized spacial score (nSPS) is 10.1. The maximum absolute atomic E-state index is 8.39. The first kappa shape index (κ1) is 9.51. The molecule has 1 heterocycles. The Morgan fingerprint density at radius 1 is 1.33 bits per heavy atom. The minimum absolute atomic E-state index is 0.0679. The van der Waals surface area contributed by atoms with Crippen LogP contribution in [0.3, 0.4) is 0 Å². The predicted molar refractivity (Wildman–Crippen MR) is 47.7 cm³/mol. The van der Waals surface area contributed by atoms with Gasteiger partial charge in [0.2, 0.25) is 0 Å². The Kier molecular flexibility index (Phi) is 4.75. The van der Waals surface area contributed by atoms with Crippen LogP contribution in [0.2, 0.25) is 0 Å². The summed E-state index contributed by atoms with van der Waals surface area (Å²) in [5.41, 5.74) is 0. The van der Waals surface area contributed by atoms with Gasteiger partial charge in [-0.2, -0.15) is 0 Å². The minimum Gasteiger partial charge on any atom is -0.490 e. The van der Waals surface area contributed by atoms with Crippen molar-refractivity contribution in [2.75, 3.05) is 26.4 Å². The smallest absolute Gasteiger partial charge is 0.130 e. The Morgan fingerprint density at radius 3 is 2.92 bits per heavy atom. The molecule has 0 radical (unpaired) electrons. The fourth-order valence-corrected chi connectivity index (χ4v) is 1.29. The van der Waals surface area contributed by atoms with Crippen molar-refractivity contribution in [3.05, 3.63) is 16.8 Å². The van der Waals surface area contributed by atoms with Crippen LogP contribution in [0, 0.1) is 0 Å². The molecule has 0 aliphatic carbocycles. The van der Waals surface area contributed by atoms with Gasteiger partial charge in [-0.25, -0.2) is 0 Å². The lowest BCUT2D eigenvalue weighted by Crippen LogP contribution is -2.08. The molecule has 0 aromatic carbocycles. The van der Waals surface area contributed by atoms with Crippen LogP contribution in [-0.2, 0) is 4.74 Å². The van der Waals surface area contributed by atoms with E-state index in [-0.39, 0.29) is 6.61 Å². The molecule has 0 fully saturated rings. The molecule has 0 bridgehead atoms. The van der Waals surface area contributed by atoms with Crippen LogP contribution in [0.5, 0.6) is 5.75 Å². The molecule has 0 spiro atoms. The Balaban J connectivity index is 1.96. The number of rotatable bonds is 6. The van der Waals surface area contributed by atoms with E-state index in [4.69, 9.17) is 14.6 Å². The zero-order valence-electron chi connectivity index (χ0n) is 6.73. The van der Waals surface area contributed by atoms with Gasteiger partial charge in [-0.15, -0.1) is 11.3 Å². The van der Waals surface area contributed by atoms with E-state index < -0.39 is 0 Å². The highest BCUT2D eigenvalue weighted by molar-refractivity contribution is 7.08. The highest BCUT2D eigenvalue weighted by Gasteiger charge is 1.92. The molecule has 4 heteroatoms. The SMILES string of the molecule is OCCOCCOc1ccsc1. The summed E-state index contributed by atoms with van der Waals surface area (Å²) in [7, 11) is 0. The standard InChI is InChI=1S/C8H12O3S/c9-2-3-10-4-5-11-8-1-6-12-7-8/h1,6-7,9H,2-5H2. The molecule has 1 rings (SSSR count). The number of ether oxygens (including phenoxy) is 2. The first-order valence-electron chi connectivity index (χ1n) is 3.77. The Bertz CT molecular complexity index is 186. The molecule has 0 unspecified atom stereocenters. The lowest BCUT2D eigenvalue weighted by molar-refractivity contribution is 0.0706. The molecule has 1 aromatic heterocycles. The van der Waals surface area contributed by atoms with Gasteiger partial charge >= 0.3 is 0 Å². The van der Waals surface area contributed by atoms with Crippen molar-refractivity contribution in [1.29, 1.82) is 0 Å². The summed E-state index contributed by atoms with van der Waals surface area (Å²) < 4.78 is 10.3. The van der Waals surface area contributed by atoms with Crippen molar-refractivity contribution in [1.82, 2.24) is 0 Å². The summed E-state index contributed by atoms with van der Waals surface area (Å²) in [5.74, 6) is 0.882. The van der Waals surface area contributed by atoms with Crippen LogP contribution in [0.1, 0.15) is 0 Å². The number of hydrogen-bond acceptors (Lipinski definition) is 4. The van der Waals surface area contributed by atoms with Gasteiger partial charge in [0.15, 0.2) is 0 Å². The first-order valence-corrected chi connectivity index (χ1v) is 4.71. The predicted octanol–water partition coefficient (Wildman–Crippen LogP) is 1.14. The van der Waals surface area contributed by atoms with Crippen LogP contribution in [0.15, 0.2) is 16.8 Å². The molecule has 1 N–H and O–H groups in total. The zero-order chi connectivity index (χ0) is 8.65. The van der Waals surface area contributed by atoms with Crippen LogP contribution < -0.4 is 4.74 Å². The van der Waals surface area contributed by atoms with Crippen LogP contribution in [-0.4, -0.2) is 31.5 Å². The molecule has 0 amide bonds. The van der Waals surface area contributed by atoms with Gasteiger partial charge in [-0.1, -0.05) is 0 Å². The third kappa shape index (κ3) is 3.71. The minimum atomic E-state index is 0.0679. The topological polar surface area (TPSA) is 38.7 Å². The Hall–Kier alpha value is -0.580. The molecule has 3 nitrogen and oxygen atoms in total. The number of aliphatic hydroxyl groups is 1. The zero-order valence-corrected chi connectivity index (χ0v) is 7.55. The average molecular weight is 188 g/mol. The molecule has 0 aliphatic rings. The van der Waals surface area contributed by atoms with E-state index in [0.29, 0.717) is 19.8 Å². The van der Waals surface area contributed by atoms with Gasteiger partial charge in [0.05, 0.1) is 19.8 Å². The summed E-state index contributed by atoms with van der Waals surface area (Å²) >= 11 is 1.60. The van der Waals surface area contributed by atoms with E-state index in [1.807, 2.05) is 16.8 Å². The van der Waals surface area contributed by atoms with Gasteiger partial charge in [0.1, 0.15) is 12.4 Å². The average Bonchev–Trinajstić information content (AvgIpc) is 2.57. The van der Waals surface area contributed by atoms with E-state index in [1.165, 1.54) is 0 Å². The van der Waals surface area contributed by atoms with Gasteiger partial charge in [0, 0.05) is 5.38 Å². The fourth-order valence-electron chi connectivity index (χ4n) is 0.719. The quantitative estimate of drug-likeness (QED) is 0.680. The van der Waals surface area contributed by atoms with Crippen molar-refractivity contribution in [3.8, 4) is 5.75 Å². The van der Waals surface area contributed by atoms with Crippen molar-refractivity contribution in [3.63, 3.8) is 0 Å². The summed E-state index contributed by atoms with van der Waals surface area (Å²) in [4.78, 5) is 0. The van der Waals surface area contributed by atoms with Gasteiger partial charge in [-0.05, 0) is 11.4 Å². The third-order valence-electron chi connectivity index (χ3n) is 1.23. The third-order valence-corrected chi connectivity index (χ3v) is 1.89. The van der Waals surface area contributed by atoms with E-state index >= 15 is 0 Å². The molecular weight excluding hydrogens is 176 g/mol. The van der Waals surface area contributed by atoms with Crippen LogP contribution >= 0.6 is 11.3 Å². The van der Waals surface area contributed by atoms with Crippen LogP contribution in [0.4, 0.5) is 0 Å². The molecule has 12 heavy (non-hydrogen) atoms. The second kappa shape index (κ2) is 5.99. The van der Waals surface area contributed by atoms with E-state index in [1.54, 1.807) is 11.3 Å². The number of thiophene rings is 1. The summed E-state index contributed by atoms with van der Waals surface area (Å²) in [6, 6.07) is 1.91. The largest absolute Gasteiger partial charge is 0.490 e. The second-order valence-corrected chi connectivity index (χ2v) is 2.92. The van der Waals surface area contributed by atoms with E-state index in [2.05, 4.69) is 0 Å². The molecule has 0 atom stereocenters. The lowest BCUT2D eigenvalue weighted by atomic mass is 10.6. The first-order chi connectivity index (χ1) is 5.93. The monoisotopic (exact) mass is 188 g/mol. The Morgan fingerprint density at radius 2 is 2.25 bits per heavy atom. The second-order valence-electron chi connectivity index (χ2n) is 2.14. The molecule has 0 aliphatic heterocycles. The van der Waals surface area contributed by atoms with Crippen molar-refractivity contribution in [2.24, 2.45) is 0 Å². The van der Waals surface area contributed by atoms with Crippen molar-refractivity contribution in [2.45, 2.75) is 0 Å². The number of hydrogen-bond donors (Lipinski definition) is 1. The summed E-state index contributed by atoms with van der Waals surface area (Å²) in [6.07, 6.45) is 0. The number of aliphatic hydroxyl groups excluding tert-OH is 1. The maximum atomic E-state index is 8.39. The fraction of sp³-hybridized carbons (Fsp3) is 0.500. The molecule has 0 saturated carbocycles. The summed E-state index contributed by atoms with van der Waals surface area (Å²) in [6.45, 7) is 1.51. The van der Waals surface area contributed by atoms with Gasteiger partial charge in [0.25, 0.3) is 0 Å².